The third-order valence-corrected chi connectivity index (χ3v) is 3.13. The Morgan fingerprint density at radius 3 is 1.45 bits per heavy atom. The van der Waals surface area contributed by atoms with Crippen LogP contribution in [0.2, 0.25) is 13.1 Å². The van der Waals surface area contributed by atoms with E-state index in [-0.39, 0.29) is 26.2 Å². The van der Waals surface area contributed by atoms with Gasteiger partial charge in [0, 0.05) is 9.52 Å². The van der Waals surface area contributed by atoms with Crippen molar-refractivity contribution in [3.05, 3.63) is 47.6 Å². The smallest absolute Gasteiger partial charge is 0.269 e. The van der Waals surface area contributed by atoms with Gasteiger partial charge >= 0.3 is 26.2 Å². The largest absolute Gasteiger partial charge is 2.00 e. The molecule has 0 bridgehead atoms. The minimum Gasteiger partial charge on any atom is -0.269 e. The maximum Gasteiger partial charge on any atom is 2.00 e. The second-order valence-corrected chi connectivity index (χ2v) is 6.56. The van der Waals surface area contributed by atoms with Crippen molar-refractivity contribution in [2.45, 2.75) is 78.3 Å². The van der Waals surface area contributed by atoms with E-state index in [1.807, 2.05) is 0 Å². The molecule has 0 amide bonds. The second-order valence-electron chi connectivity index (χ2n) is 5.40. The average molecular weight is 393 g/mol. The molecule has 0 aliphatic heterocycles. The molecule has 0 unspecified atom stereocenters. The molecular weight excluding hydrogens is 360 g/mol. The van der Waals surface area contributed by atoms with Crippen LogP contribution in [0.15, 0.2) is 35.5 Å². The van der Waals surface area contributed by atoms with Gasteiger partial charge in [0.25, 0.3) is 0 Å². The van der Waals surface area contributed by atoms with Gasteiger partial charge in [-0.05, 0) is 0 Å². The van der Waals surface area contributed by atoms with Gasteiger partial charge in [0.15, 0.2) is 0 Å². The van der Waals surface area contributed by atoms with Gasteiger partial charge in [-0.15, -0.1) is 12.8 Å². The Labute approximate surface area is 161 Å². The van der Waals surface area contributed by atoms with Crippen molar-refractivity contribution in [1.29, 1.82) is 0 Å². The summed E-state index contributed by atoms with van der Waals surface area (Å²) in [4.78, 5) is 0. The first kappa shape index (κ1) is 24.3. The first-order chi connectivity index (χ1) is 10.3. The van der Waals surface area contributed by atoms with Gasteiger partial charge in [0.1, 0.15) is 0 Å². The van der Waals surface area contributed by atoms with E-state index in [0.29, 0.717) is 0 Å². The summed E-state index contributed by atoms with van der Waals surface area (Å²) in [6.45, 7) is 8.86. The third-order valence-electron chi connectivity index (χ3n) is 3.13. The monoisotopic (exact) mass is 391 g/mol. The first-order valence-corrected chi connectivity index (χ1v) is 10.9. The maximum atomic E-state index is 3.30. The molecule has 0 spiro atoms. The summed E-state index contributed by atoms with van der Waals surface area (Å²) in [5.41, 5.74) is 2.83. The van der Waals surface area contributed by atoms with Gasteiger partial charge < -0.3 is 0 Å². The predicted octanol–water partition coefficient (Wildman–Crippen LogP) is 6.25. The molecule has 2 aliphatic carbocycles. The van der Waals surface area contributed by atoms with Crippen LogP contribution in [0.4, 0.5) is 0 Å². The SMILES string of the molecule is CCCCC1=[C-]CC=C1.CCCCC1=[C-]CC=C1.C[SiH]C.[Zr+2]. The molecule has 1 radical (unpaired) electrons. The molecule has 0 nitrogen and oxygen atoms in total. The number of rotatable bonds is 6. The van der Waals surface area contributed by atoms with E-state index in [4.69, 9.17) is 0 Å². The van der Waals surface area contributed by atoms with Gasteiger partial charge in [-0.1, -0.05) is 65.5 Å². The Morgan fingerprint density at radius 2 is 1.23 bits per heavy atom. The zero-order chi connectivity index (χ0) is 15.8. The number of hydrogen-bond acceptors (Lipinski definition) is 0. The molecule has 2 heteroatoms. The zero-order valence-corrected chi connectivity index (χ0v) is 18.7. The van der Waals surface area contributed by atoms with E-state index < -0.39 is 0 Å². The van der Waals surface area contributed by atoms with Crippen molar-refractivity contribution in [1.82, 2.24) is 0 Å². The van der Waals surface area contributed by atoms with Crippen molar-refractivity contribution < 1.29 is 26.2 Å². The Balaban J connectivity index is 0. The molecule has 0 heterocycles. The summed E-state index contributed by atoms with van der Waals surface area (Å²) in [5.74, 6) is 0. The van der Waals surface area contributed by atoms with Crippen molar-refractivity contribution >= 4 is 9.52 Å². The predicted molar refractivity (Wildman–Crippen MR) is 99.0 cm³/mol. The van der Waals surface area contributed by atoms with Gasteiger partial charge in [0.05, 0.1) is 0 Å². The van der Waals surface area contributed by atoms with Crippen LogP contribution in [0.5, 0.6) is 0 Å². The van der Waals surface area contributed by atoms with Crippen LogP contribution in [-0.4, -0.2) is 9.52 Å². The van der Waals surface area contributed by atoms with Crippen LogP contribution in [0.1, 0.15) is 65.2 Å². The molecule has 0 saturated carbocycles. The maximum absolute atomic E-state index is 3.30. The summed E-state index contributed by atoms with van der Waals surface area (Å²) in [7, 11) is 0.750. The molecule has 121 valence electrons. The van der Waals surface area contributed by atoms with Gasteiger partial charge in [-0.25, -0.2) is 23.3 Å². The molecule has 0 saturated heterocycles. The molecule has 22 heavy (non-hydrogen) atoms. The first-order valence-electron chi connectivity index (χ1n) is 8.54. The summed E-state index contributed by atoms with van der Waals surface area (Å²) < 4.78 is 0. The van der Waals surface area contributed by atoms with Crippen LogP contribution < -0.4 is 0 Å². The molecular formula is C20H33SiZr. The average Bonchev–Trinajstić information content (AvgIpc) is 3.18. The Kier molecular flexibility index (Phi) is 21.1. The fourth-order valence-electron chi connectivity index (χ4n) is 1.98. The van der Waals surface area contributed by atoms with E-state index in [2.05, 4.69) is 63.4 Å². The zero-order valence-electron chi connectivity index (χ0n) is 15.0. The fourth-order valence-corrected chi connectivity index (χ4v) is 1.98. The van der Waals surface area contributed by atoms with Gasteiger partial charge in [0.2, 0.25) is 0 Å². The molecule has 0 aromatic carbocycles. The van der Waals surface area contributed by atoms with Crippen LogP contribution in [-0.2, 0) is 26.2 Å². The van der Waals surface area contributed by atoms with Gasteiger partial charge in [-0.2, -0.15) is 12.2 Å². The normalized spacial score (nSPS) is 14.2. The summed E-state index contributed by atoms with van der Waals surface area (Å²) >= 11 is 0. The second kappa shape index (κ2) is 19.1. The summed E-state index contributed by atoms with van der Waals surface area (Å²) in [5, 5.41) is 0. The number of hydrogen-bond donors (Lipinski definition) is 0. The molecule has 0 atom stereocenters. The van der Waals surface area contributed by atoms with Crippen molar-refractivity contribution in [2.24, 2.45) is 0 Å². The van der Waals surface area contributed by atoms with E-state index in [1.165, 1.54) is 49.7 Å². The Morgan fingerprint density at radius 1 is 0.864 bits per heavy atom. The van der Waals surface area contributed by atoms with Crippen LogP contribution in [0.3, 0.4) is 0 Å². The molecule has 0 aromatic rings. The van der Waals surface area contributed by atoms with Crippen LogP contribution >= 0.6 is 0 Å². The molecule has 0 N–H and O–H groups in total. The quantitative estimate of drug-likeness (QED) is 0.370. The van der Waals surface area contributed by atoms with E-state index >= 15 is 0 Å². The molecule has 0 aromatic heterocycles. The summed E-state index contributed by atoms with van der Waals surface area (Å²) in [6.07, 6.45) is 25.1. The van der Waals surface area contributed by atoms with E-state index in [0.717, 1.165) is 22.4 Å². The molecule has 0 fully saturated rings. The van der Waals surface area contributed by atoms with Gasteiger partial charge in [-0.3, -0.25) is 12.2 Å². The minimum absolute atomic E-state index is 0. The van der Waals surface area contributed by atoms with E-state index in [1.54, 1.807) is 0 Å². The standard InChI is InChI=1S/2C9H13.C2H7Si.Zr/c2*1-2-3-6-9-7-4-5-8-9;1-3-2;/h2*4,7H,2-3,5-6H2,1H3;3H,1-2H3;/q2*-1;;+2. The molecule has 2 aliphatic rings. The Hall–Kier alpha value is 0.0600. The summed E-state index contributed by atoms with van der Waals surface area (Å²) in [6, 6.07) is 0. The Bertz CT molecular complexity index is 317. The van der Waals surface area contributed by atoms with Crippen LogP contribution in [0, 0.1) is 12.2 Å². The van der Waals surface area contributed by atoms with Crippen molar-refractivity contribution in [3.63, 3.8) is 0 Å². The molecule has 2 rings (SSSR count). The van der Waals surface area contributed by atoms with Crippen molar-refractivity contribution in [2.75, 3.05) is 0 Å². The number of allylic oxidation sites excluding steroid dienone is 8. The van der Waals surface area contributed by atoms with Crippen LogP contribution in [0.25, 0.3) is 0 Å². The minimum atomic E-state index is 0. The topological polar surface area (TPSA) is 0 Å². The van der Waals surface area contributed by atoms with E-state index in [9.17, 15) is 0 Å². The fraction of sp³-hybridized carbons (Fsp3) is 0.600. The van der Waals surface area contributed by atoms with Crippen molar-refractivity contribution in [3.8, 4) is 0 Å². The third kappa shape index (κ3) is 15.0. The number of unbranched alkanes of at least 4 members (excludes halogenated alkanes) is 2.